The Bertz CT molecular complexity index is 467. The molecule has 1 aromatic rings. The third-order valence-electron chi connectivity index (χ3n) is 3.18. The molecule has 3 nitrogen and oxygen atoms in total. The molecule has 1 aliphatic carbocycles. The van der Waals surface area contributed by atoms with Crippen LogP contribution in [0.15, 0.2) is 12.1 Å². The van der Waals surface area contributed by atoms with E-state index in [1.807, 2.05) is 13.0 Å². The van der Waals surface area contributed by atoms with E-state index in [1.165, 1.54) is 12.8 Å². The van der Waals surface area contributed by atoms with Crippen LogP contribution >= 0.6 is 11.6 Å². The Hall–Kier alpha value is -1.22. The van der Waals surface area contributed by atoms with Gasteiger partial charge in [0.15, 0.2) is 0 Å². The van der Waals surface area contributed by atoms with Crippen molar-refractivity contribution in [3.63, 3.8) is 0 Å². The molecule has 104 valence electrons. The van der Waals surface area contributed by atoms with Crippen molar-refractivity contribution in [1.29, 1.82) is 0 Å². The van der Waals surface area contributed by atoms with Crippen LogP contribution in [0.2, 0.25) is 5.02 Å². The van der Waals surface area contributed by atoms with Gasteiger partial charge in [-0.1, -0.05) is 11.6 Å². The molecule has 1 aromatic carbocycles. The van der Waals surface area contributed by atoms with E-state index >= 15 is 0 Å². The molecule has 0 heterocycles. The number of halogens is 1. The number of ether oxygens (including phenoxy) is 2. The van der Waals surface area contributed by atoms with Crippen molar-refractivity contribution in [3.8, 4) is 5.75 Å². The smallest absolute Gasteiger partial charge is 0.310 e. The molecule has 0 unspecified atom stereocenters. The first kappa shape index (κ1) is 14.2. The largest absolute Gasteiger partial charge is 0.493 e. The monoisotopic (exact) mass is 282 g/mol. The van der Waals surface area contributed by atoms with E-state index in [4.69, 9.17) is 21.1 Å². The Kier molecular flexibility index (Phi) is 4.70. The maximum atomic E-state index is 11.5. The Balaban J connectivity index is 2.07. The first-order valence-electron chi connectivity index (χ1n) is 6.67. The highest BCUT2D eigenvalue weighted by Gasteiger charge is 2.22. The van der Waals surface area contributed by atoms with Crippen LogP contribution in [0.4, 0.5) is 0 Å². The lowest BCUT2D eigenvalue weighted by Crippen LogP contribution is -2.08. The van der Waals surface area contributed by atoms with Crippen LogP contribution in [0.25, 0.3) is 0 Å². The van der Waals surface area contributed by atoms with Crippen molar-refractivity contribution in [2.45, 2.75) is 33.1 Å². The summed E-state index contributed by atoms with van der Waals surface area (Å²) in [6.45, 7) is 4.85. The molecule has 2 rings (SSSR count). The number of esters is 1. The zero-order valence-corrected chi connectivity index (χ0v) is 12.1. The second-order valence-electron chi connectivity index (χ2n) is 4.94. The zero-order valence-electron chi connectivity index (χ0n) is 11.4. The number of carbonyl (C=O) groups is 1. The molecule has 1 aliphatic rings. The lowest BCUT2D eigenvalue weighted by atomic mass is 10.1. The van der Waals surface area contributed by atoms with Crippen LogP contribution in [0.1, 0.15) is 30.9 Å². The van der Waals surface area contributed by atoms with Crippen molar-refractivity contribution < 1.29 is 14.3 Å². The zero-order chi connectivity index (χ0) is 13.8. The van der Waals surface area contributed by atoms with Crippen LogP contribution < -0.4 is 4.74 Å². The fourth-order valence-electron chi connectivity index (χ4n) is 1.83. The lowest BCUT2D eigenvalue weighted by molar-refractivity contribution is -0.142. The molecule has 4 heteroatoms. The predicted octanol–water partition coefficient (Wildman–Crippen LogP) is 3.54. The van der Waals surface area contributed by atoms with E-state index in [9.17, 15) is 4.79 Å². The summed E-state index contributed by atoms with van der Waals surface area (Å²) in [6.07, 6.45) is 2.72. The molecule has 0 radical (unpaired) electrons. The molecule has 0 saturated heterocycles. The number of benzene rings is 1. The fraction of sp³-hybridized carbons (Fsp3) is 0.533. The Morgan fingerprint density at radius 1 is 1.42 bits per heavy atom. The number of carbonyl (C=O) groups excluding carboxylic acids is 1. The van der Waals surface area contributed by atoms with Gasteiger partial charge in [-0.3, -0.25) is 4.79 Å². The maximum Gasteiger partial charge on any atom is 0.310 e. The Morgan fingerprint density at radius 3 is 2.79 bits per heavy atom. The van der Waals surface area contributed by atoms with E-state index in [1.54, 1.807) is 13.0 Å². The van der Waals surface area contributed by atoms with Gasteiger partial charge >= 0.3 is 5.97 Å². The quantitative estimate of drug-likeness (QED) is 0.749. The van der Waals surface area contributed by atoms with Gasteiger partial charge in [0.2, 0.25) is 0 Å². The van der Waals surface area contributed by atoms with E-state index < -0.39 is 0 Å². The Labute approximate surface area is 118 Å². The minimum atomic E-state index is -0.240. The topological polar surface area (TPSA) is 35.5 Å². The molecule has 0 spiro atoms. The number of rotatable bonds is 6. The van der Waals surface area contributed by atoms with Crippen molar-refractivity contribution >= 4 is 17.6 Å². The van der Waals surface area contributed by atoms with Crippen LogP contribution in [0.3, 0.4) is 0 Å². The van der Waals surface area contributed by atoms with Crippen LogP contribution in [0, 0.1) is 12.8 Å². The first-order chi connectivity index (χ1) is 9.10. The van der Waals surface area contributed by atoms with Gasteiger partial charge in [-0.25, -0.2) is 0 Å². The van der Waals surface area contributed by atoms with Crippen LogP contribution in [0.5, 0.6) is 5.75 Å². The van der Waals surface area contributed by atoms with Crippen LogP contribution in [-0.2, 0) is 16.0 Å². The highest BCUT2D eigenvalue weighted by atomic mass is 35.5. The summed E-state index contributed by atoms with van der Waals surface area (Å²) in [6, 6.07) is 3.69. The molecule has 1 saturated carbocycles. The van der Waals surface area contributed by atoms with E-state index in [2.05, 4.69) is 0 Å². The van der Waals surface area contributed by atoms with Gasteiger partial charge in [-0.05, 0) is 50.3 Å². The lowest BCUT2D eigenvalue weighted by Gasteiger charge is -2.12. The van der Waals surface area contributed by atoms with Gasteiger partial charge in [0, 0.05) is 10.6 Å². The molecule has 0 atom stereocenters. The second kappa shape index (κ2) is 6.29. The highest BCUT2D eigenvalue weighted by molar-refractivity contribution is 6.31. The molecule has 19 heavy (non-hydrogen) atoms. The Morgan fingerprint density at radius 2 is 2.16 bits per heavy atom. The summed E-state index contributed by atoms with van der Waals surface area (Å²) < 4.78 is 10.7. The molecule has 0 bridgehead atoms. The van der Waals surface area contributed by atoms with Crippen molar-refractivity contribution in [2.24, 2.45) is 5.92 Å². The summed E-state index contributed by atoms with van der Waals surface area (Å²) in [5.74, 6) is 1.22. The summed E-state index contributed by atoms with van der Waals surface area (Å²) in [5, 5.41) is 0.632. The van der Waals surface area contributed by atoms with Gasteiger partial charge in [0.05, 0.1) is 19.6 Å². The average molecular weight is 283 g/mol. The van der Waals surface area contributed by atoms with Crippen LogP contribution in [-0.4, -0.2) is 19.2 Å². The maximum absolute atomic E-state index is 11.5. The minimum Gasteiger partial charge on any atom is -0.493 e. The molecule has 0 aliphatic heterocycles. The highest BCUT2D eigenvalue weighted by Crippen LogP contribution is 2.32. The third kappa shape index (κ3) is 4.13. The molecule has 0 N–H and O–H groups in total. The van der Waals surface area contributed by atoms with Gasteiger partial charge in [0.1, 0.15) is 5.75 Å². The summed E-state index contributed by atoms with van der Waals surface area (Å²) in [5.41, 5.74) is 1.76. The van der Waals surface area contributed by atoms with Crippen molar-refractivity contribution in [3.05, 3.63) is 28.3 Å². The van der Waals surface area contributed by atoms with E-state index in [0.29, 0.717) is 17.5 Å². The van der Waals surface area contributed by atoms with Crippen molar-refractivity contribution in [1.82, 2.24) is 0 Å². The standard InChI is InChI=1S/C15H19ClO3/c1-3-18-15(17)8-12-6-13(16)10(2)14(7-12)19-9-11-4-5-11/h6-7,11H,3-5,8-9H2,1-2H3. The second-order valence-corrected chi connectivity index (χ2v) is 5.34. The van der Waals surface area contributed by atoms with Gasteiger partial charge in [-0.2, -0.15) is 0 Å². The molecule has 0 amide bonds. The normalized spacial score (nSPS) is 14.3. The first-order valence-corrected chi connectivity index (χ1v) is 7.05. The van der Waals surface area contributed by atoms with Gasteiger partial charge < -0.3 is 9.47 Å². The van der Waals surface area contributed by atoms with Gasteiger partial charge in [-0.15, -0.1) is 0 Å². The third-order valence-corrected chi connectivity index (χ3v) is 3.57. The molecule has 1 fully saturated rings. The number of hydrogen-bond donors (Lipinski definition) is 0. The summed E-state index contributed by atoms with van der Waals surface area (Å²) in [7, 11) is 0. The van der Waals surface area contributed by atoms with E-state index in [0.717, 1.165) is 23.5 Å². The summed E-state index contributed by atoms with van der Waals surface area (Å²) in [4.78, 5) is 11.5. The SMILES string of the molecule is CCOC(=O)Cc1cc(Cl)c(C)c(OCC2CC2)c1. The van der Waals surface area contributed by atoms with Gasteiger partial charge in [0.25, 0.3) is 0 Å². The summed E-state index contributed by atoms with van der Waals surface area (Å²) >= 11 is 6.18. The minimum absolute atomic E-state index is 0.230. The fourth-order valence-corrected chi connectivity index (χ4v) is 2.06. The molecular formula is C15H19ClO3. The molecular weight excluding hydrogens is 264 g/mol. The molecule has 0 aromatic heterocycles. The van der Waals surface area contributed by atoms with Crippen molar-refractivity contribution in [2.75, 3.05) is 13.2 Å². The predicted molar refractivity (Wildman–Crippen MR) is 74.7 cm³/mol. The van der Waals surface area contributed by atoms with E-state index in [-0.39, 0.29) is 12.4 Å². The average Bonchev–Trinajstić information content (AvgIpc) is 3.16. The number of hydrogen-bond acceptors (Lipinski definition) is 3.